The molecule has 0 aromatic carbocycles. The van der Waals surface area contributed by atoms with Crippen molar-refractivity contribution in [3.05, 3.63) is 40.0 Å². The third-order valence-corrected chi connectivity index (χ3v) is 5.24. The van der Waals surface area contributed by atoms with Crippen molar-refractivity contribution in [1.29, 1.82) is 0 Å². The topological polar surface area (TPSA) is 55.3 Å². The average Bonchev–Trinajstić information content (AvgIpc) is 3.10. The van der Waals surface area contributed by atoms with Gasteiger partial charge >= 0.3 is 0 Å². The standard InChI is InChI=1S/C17H21N3O2S/c1-3-13-11-23-16(19-13)12-6-5-9-20(10-12)17(21)14-7-4-8-18-15(14)22-2/h4,7-8,11-12H,3,5-6,9-10H2,1-2H3/t12-/m1/s1. The van der Waals surface area contributed by atoms with E-state index in [0.29, 0.717) is 23.9 Å². The highest BCUT2D eigenvalue weighted by Gasteiger charge is 2.28. The fourth-order valence-electron chi connectivity index (χ4n) is 2.92. The number of nitrogens with zero attached hydrogens (tertiary/aromatic N) is 3. The molecule has 1 fully saturated rings. The second-order valence-corrected chi connectivity index (χ2v) is 6.57. The molecule has 2 aromatic heterocycles. The smallest absolute Gasteiger partial charge is 0.259 e. The van der Waals surface area contributed by atoms with Crippen molar-refractivity contribution in [3.63, 3.8) is 0 Å². The van der Waals surface area contributed by atoms with Crippen LogP contribution in [-0.2, 0) is 6.42 Å². The third-order valence-electron chi connectivity index (χ3n) is 4.18. The van der Waals surface area contributed by atoms with Gasteiger partial charge in [-0.25, -0.2) is 9.97 Å². The minimum atomic E-state index is -0.00748. The molecule has 0 radical (unpaired) electrons. The van der Waals surface area contributed by atoms with Crippen molar-refractivity contribution in [2.75, 3.05) is 20.2 Å². The predicted octanol–water partition coefficient (Wildman–Crippen LogP) is 3.13. The van der Waals surface area contributed by atoms with E-state index in [9.17, 15) is 4.79 Å². The number of hydrogen-bond acceptors (Lipinski definition) is 5. The lowest BCUT2D eigenvalue weighted by Crippen LogP contribution is -2.39. The number of aryl methyl sites for hydroxylation is 1. The molecule has 6 heteroatoms. The van der Waals surface area contributed by atoms with E-state index >= 15 is 0 Å². The molecule has 122 valence electrons. The second kappa shape index (κ2) is 7.08. The molecule has 2 aromatic rings. The van der Waals surface area contributed by atoms with Crippen LogP contribution in [0, 0.1) is 0 Å². The Morgan fingerprint density at radius 1 is 1.52 bits per heavy atom. The summed E-state index contributed by atoms with van der Waals surface area (Å²) in [6.45, 7) is 3.61. The van der Waals surface area contributed by atoms with Crippen LogP contribution in [0.4, 0.5) is 0 Å². The lowest BCUT2D eigenvalue weighted by Gasteiger charge is -2.32. The van der Waals surface area contributed by atoms with Gasteiger partial charge < -0.3 is 9.64 Å². The summed E-state index contributed by atoms with van der Waals surface area (Å²) < 4.78 is 5.22. The highest BCUT2D eigenvalue weighted by atomic mass is 32.1. The minimum absolute atomic E-state index is 0.00748. The van der Waals surface area contributed by atoms with Gasteiger partial charge in [-0.2, -0.15) is 0 Å². The van der Waals surface area contributed by atoms with E-state index in [2.05, 4.69) is 17.3 Å². The van der Waals surface area contributed by atoms with Gasteiger partial charge in [0.2, 0.25) is 5.88 Å². The third kappa shape index (κ3) is 3.37. The van der Waals surface area contributed by atoms with E-state index in [1.807, 2.05) is 4.90 Å². The van der Waals surface area contributed by atoms with E-state index in [1.54, 1.807) is 36.8 Å². The van der Waals surface area contributed by atoms with E-state index in [0.717, 1.165) is 36.5 Å². The van der Waals surface area contributed by atoms with Gasteiger partial charge in [0.1, 0.15) is 5.56 Å². The fourth-order valence-corrected chi connectivity index (χ4v) is 3.95. The van der Waals surface area contributed by atoms with Gasteiger partial charge in [-0.15, -0.1) is 11.3 Å². The van der Waals surface area contributed by atoms with E-state index in [4.69, 9.17) is 9.72 Å². The normalized spacial score (nSPS) is 18.0. The number of ether oxygens (including phenoxy) is 1. The molecular formula is C17H21N3O2S. The van der Waals surface area contributed by atoms with Crippen molar-refractivity contribution in [2.24, 2.45) is 0 Å². The summed E-state index contributed by atoms with van der Waals surface area (Å²) in [7, 11) is 1.54. The number of carbonyl (C=O) groups is 1. The van der Waals surface area contributed by atoms with E-state index in [1.165, 1.54) is 0 Å². The molecule has 1 saturated heterocycles. The lowest BCUT2D eigenvalue weighted by molar-refractivity contribution is 0.0703. The maximum Gasteiger partial charge on any atom is 0.259 e. The summed E-state index contributed by atoms with van der Waals surface area (Å²) in [5, 5.41) is 3.28. The Morgan fingerprint density at radius 3 is 3.13 bits per heavy atom. The fraction of sp³-hybridized carbons (Fsp3) is 0.471. The highest BCUT2D eigenvalue weighted by molar-refractivity contribution is 7.09. The number of hydrogen-bond donors (Lipinski definition) is 0. The molecule has 1 amide bonds. The number of thiazole rings is 1. The van der Waals surface area contributed by atoms with Crippen LogP contribution in [-0.4, -0.2) is 41.0 Å². The summed E-state index contributed by atoms with van der Waals surface area (Å²) >= 11 is 1.71. The quantitative estimate of drug-likeness (QED) is 0.864. The summed E-state index contributed by atoms with van der Waals surface area (Å²) in [6.07, 6.45) is 4.68. The number of pyridine rings is 1. The molecule has 1 aliphatic heterocycles. The predicted molar refractivity (Wildman–Crippen MR) is 90.2 cm³/mol. The number of rotatable bonds is 4. The number of aromatic nitrogens is 2. The van der Waals surface area contributed by atoms with Gasteiger partial charge in [0.25, 0.3) is 5.91 Å². The first kappa shape index (κ1) is 15.9. The van der Waals surface area contributed by atoms with Crippen LogP contribution in [0.2, 0.25) is 0 Å². The Labute approximate surface area is 140 Å². The van der Waals surface area contributed by atoms with E-state index in [-0.39, 0.29) is 5.91 Å². The molecule has 23 heavy (non-hydrogen) atoms. The van der Waals surface area contributed by atoms with Crippen LogP contribution in [0.25, 0.3) is 0 Å². The molecule has 5 nitrogen and oxygen atoms in total. The zero-order valence-electron chi connectivity index (χ0n) is 13.5. The molecule has 3 heterocycles. The monoisotopic (exact) mass is 331 g/mol. The van der Waals surface area contributed by atoms with Gasteiger partial charge in [-0.3, -0.25) is 4.79 Å². The Balaban J connectivity index is 1.76. The molecule has 3 rings (SSSR count). The van der Waals surface area contributed by atoms with Crippen molar-refractivity contribution in [2.45, 2.75) is 32.1 Å². The van der Waals surface area contributed by atoms with Crippen molar-refractivity contribution in [1.82, 2.24) is 14.9 Å². The largest absolute Gasteiger partial charge is 0.480 e. The first-order chi connectivity index (χ1) is 11.2. The first-order valence-corrected chi connectivity index (χ1v) is 8.83. The summed E-state index contributed by atoms with van der Waals surface area (Å²) in [5.41, 5.74) is 1.67. The minimum Gasteiger partial charge on any atom is -0.480 e. The summed E-state index contributed by atoms with van der Waals surface area (Å²) in [6, 6.07) is 3.54. The molecule has 0 unspecified atom stereocenters. The van der Waals surface area contributed by atoms with Gasteiger partial charge in [0, 0.05) is 30.6 Å². The van der Waals surface area contributed by atoms with Crippen LogP contribution >= 0.6 is 11.3 Å². The SMILES string of the molecule is CCc1csc([C@@H]2CCCN(C(=O)c3cccnc3OC)C2)n1. The van der Waals surface area contributed by atoms with Crippen LogP contribution in [0.5, 0.6) is 5.88 Å². The Bertz CT molecular complexity index is 686. The van der Waals surface area contributed by atoms with Crippen molar-refractivity contribution in [3.8, 4) is 5.88 Å². The molecule has 0 saturated carbocycles. The Hall–Kier alpha value is -1.95. The van der Waals surface area contributed by atoms with Crippen LogP contribution in [0.15, 0.2) is 23.7 Å². The number of amides is 1. The molecule has 0 bridgehead atoms. The molecule has 0 spiro atoms. The number of carbonyl (C=O) groups excluding carboxylic acids is 1. The van der Waals surface area contributed by atoms with Crippen LogP contribution in [0.3, 0.4) is 0 Å². The number of methoxy groups -OCH3 is 1. The van der Waals surface area contributed by atoms with Gasteiger partial charge in [-0.1, -0.05) is 6.92 Å². The van der Waals surface area contributed by atoms with Crippen LogP contribution in [0.1, 0.15) is 46.7 Å². The van der Waals surface area contributed by atoms with Gasteiger partial charge in [0.15, 0.2) is 0 Å². The summed E-state index contributed by atoms with van der Waals surface area (Å²) in [5.74, 6) is 0.717. The highest BCUT2D eigenvalue weighted by Crippen LogP contribution is 2.30. The average molecular weight is 331 g/mol. The first-order valence-electron chi connectivity index (χ1n) is 7.95. The zero-order chi connectivity index (χ0) is 16.2. The second-order valence-electron chi connectivity index (χ2n) is 5.68. The molecular weight excluding hydrogens is 310 g/mol. The summed E-state index contributed by atoms with van der Waals surface area (Å²) in [4.78, 5) is 23.5. The van der Waals surface area contributed by atoms with Crippen molar-refractivity contribution < 1.29 is 9.53 Å². The zero-order valence-corrected chi connectivity index (χ0v) is 14.3. The molecule has 1 atom stereocenters. The Morgan fingerprint density at radius 2 is 2.39 bits per heavy atom. The number of likely N-dealkylation sites (tertiary alicyclic amines) is 1. The number of piperidine rings is 1. The molecule has 0 aliphatic carbocycles. The van der Waals surface area contributed by atoms with E-state index < -0.39 is 0 Å². The molecule has 1 aliphatic rings. The van der Waals surface area contributed by atoms with Gasteiger partial charge in [0.05, 0.1) is 17.8 Å². The maximum atomic E-state index is 12.8. The lowest BCUT2D eigenvalue weighted by atomic mass is 9.98. The van der Waals surface area contributed by atoms with Crippen molar-refractivity contribution >= 4 is 17.2 Å². The maximum absolute atomic E-state index is 12.8. The van der Waals surface area contributed by atoms with Gasteiger partial charge in [-0.05, 0) is 31.4 Å². The molecule has 0 N–H and O–H groups in total. The van der Waals surface area contributed by atoms with Crippen LogP contribution < -0.4 is 4.74 Å². The Kier molecular flexibility index (Phi) is 4.91.